The summed E-state index contributed by atoms with van der Waals surface area (Å²) in [6.45, 7) is 0. The highest BCUT2D eigenvalue weighted by molar-refractivity contribution is 9.10. The molecule has 5 heteroatoms. The normalized spacial score (nSPS) is 10.4. The average molecular weight is 272 g/mol. The number of nitrogens with zero attached hydrogens (tertiary/aromatic N) is 2. The van der Waals surface area contributed by atoms with Crippen LogP contribution in [-0.4, -0.2) is 4.98 Å². The highest BCUT2D eigenvalue weighted by atomic mass is 79.9. The summed E-state index contributed by atoms with van der Waals surface area (Å²) >= 11 is 8.87. The Morgan fingerprint density at radius 1 is 1.57 bits per heavy atom. The molecule has 0 radical (unpaired) electrons. The Morgan fingerprint density at radius 3 is 3.00 bits per heavy atom. The van der Waals surface area contributed by atoms with Gasteiger partial charge in [-0.25, -0.2) is 4.98 Å². The SMILES string of the molecule is N#Cc1cc(Br)cc2nc(CCl)oc12. The van der Waals surface area contributed by atoms with E-state index in [1.54, 1.807) is 12.1 Å². The number of alkyl halides is 1. The first-order valence-corrected chi connectivity index (χ1v) is 5.12. The van der Waals surface area contributed by atoms with Gasteiger partial charge in [-0.05, 0) is 12.1 Å². The van der Waals surface area contributed by atoms with E-state index < -0.39 is 0 Å². The third-order valence-corrected chi connectivity index (χ3v) is 2.42. The van der Waals surface area contributed by atoms with Crippen LogP contribution < -0.4 is 0 Å². The van der Waals surface area contributed by atoms with Crippen LogP contribution >= 0.6 is 27.5 Å². The van der Waals surface area contributed by atoms with Crippen molar-refractivity contribution in [2.45, 2.75) is 5.88 Å². The third-order valence-electron chi connectivity index (χ3n) is 1.73. The molecule has 0 saturated heterocycles. The maximum atomic E-state index is 8.85. The Morgan fingerprint density at radius 2 is 2.36 bits per heavy atom. The van der Waals surface area contributed by atoms with Crippen LogP contribution in [0.4, 0.5) is 0 Å². The number of aromatic nitrogens is 1. The lowest BCUT2D eigenvalue weighted by Crippen LogP contribution is -1.76. The largest absolute Gasteiger partial charge is 0.438 e. The van der Waals surface area contributed by atoms with Crippen LogP contribution in [0, 0.1) is 11.3 Å². The fourth-order valence-corrected chi connectivity index (χ4v) is 1.74. The second-order valence-electron chi connectivity index (χ2n) is 2.65. The second kappa shape index (κ2) is 3.60. The number of benzene rings is 1. The van der Waals surface area contributed by atoms with Gasteiger partial charge in [-0.3, -0.25) is 0 Å². The molecule has 0 unspecified atom stereocenters. The minimum absolute atomic E-state index is 0.206. The van der Waals surface area contributed by atoms with Gasteiger partial charge in [0.15, 0.2) is 5.58 Å². The smallest absolute Gasteiger partial charge is 0.210 e. The average Bonchev–Trinajstić information content (AvgIpc) is 2.59. The topological polar surface area (TPSA) is 49.8 Å². The van der Waals surface area contributed by atoms with Gasteiger partial charge in [0.05, 0.1) is 11.4 Å². The van der Waals surface area contributed by atoms with Crippen molar-refractivity contribution in [1.82, 2.24) is 4.98 Å². The summed E-state index contributed by atoms with van der Waals surface area (Å²) in [5.74, 6) is 0.633. The van der Waals surface area contributed by atoms with E-state index in [0.717, 1.165) is 4.47 Å². The Kier molecular flexibility index (Phi) is 2.44. The molecule has 0 fully saturated rings. The molecule has 0 N–H and O–H groups in total. The van der Waals surface area contributed by atoms with Crippen molar-refractivity contribution in [1.29, 1.82) is 5.26 Å². The second-order valence-corrected chi connectivity index (χ2v) is 3.84. The van der Waals surface area contributed by atoms with Crippen molar-refractivity contribution in [3.63, 3.8) is 0 Å². The minimum Gasteiger partial charge on any atom is -0.438 e. The van der Waals surface area contributed by atoms with Gasteiger partial charge < -0.3 is 4.42 Å². The van der Waals surface area contributed by atoms with Crippen molar-refractivity contribution < 1.29 is 4.42 Å². The molecule has 0 spiro atoms. The monoisotopic (exact) mass is 270 g/mol. The van der Waals surface area contributed by atoms with Crippen LogP contribution in [0.3, 0.4) is 0 Å². The molecule has 70 valence electrons. The van der Waals surface area contributed by atoms with Gasteiger partial charge in [0.2, 0.25) is 5.89 Å². The first kappa shape index (κ1) is 9.50. The first-order chi connectivity index (χ1) is 6.74. The van der Waals surface area contributed by atoms with Gasteiger partial charge in [0.25, 0.3) is 0 Å². The van der Waals surface area contributed by atoms with Crippen LogP contribution in [-0.2, 0) is 5.88 Å². The standard InChI is InChI=1S/C9H4BrClN2O/c10-6-1-5(4-12)9-7(2-6)13-8(3-11)14-9/h1-2H,3H2. The molecule has 1 aromatic heterocycles. The van der Waals surface area contributed by atoms with Crippen LogP contribution in [0.5, 0.6) is 0 Å². The number of halogens is 2. The van der Waals surface area contributed by atoms with Crippen molar-refractivity contribution in [2.24, 2.45) is 0 Å². The van der Waals surface area contributed by atoms with E-state index in [9.17, 15) is 0 Å². The van der Waals surface area contributed by atoms with Crippen LogP contribution in [0.2, 0.25) is 0 Å². The third kappa shape index (κ3) is 1.49. The summed E-state index contributed by atoms with van der Waals surface area (Å²) in [5, 5.41) is 8.85. The molecule has 0 aliphatic heterocycles. The molecule has 2 rings (SSSR count). The maximum Gasteiger partial charge on any atom is 0.210 e. The molecular formula is C9H4BrClN2O. The predicted octanol–water partition coefficient (Wildman–Crippen LogP) is 3.20. The molecule has 0 atom stereocenters. The number of rotatable bonds is 1. The molecule has 3 nitrogen and oxygen atoms in total. The highest BCUT2D eigenvalue weighted by Gasteiger charge is 2.10. The minimum atomic E-state index is 0.206. The quantitative estimate of drug-likeness (QED) is 0.748. The number of oxazole rings is 1. The zero-order valence-electron chi connectivity index (χ0n) is 6.92. The predicted molar refractivity (Wildman–Crippen MR) is 56.0 cm³/mol. The van der Waals surface area contributed by atoms with Gasteiger partial charge in [-0.15, -0.1) is 11.6 Å². The van der Waals surface area contributed by atoms with E-state index in [1.807, 2.05) is 6.07 Å². The van der Waals surface area contributed by atoms with Gasteiger partial charge in [0.1, 0.15) is 11.6 Å². The Hall–Kier alpha value is -1.05. The summed E-state index contributed by atoms with van der Waals surface area (Å²) < 4.78 is 6.11. The Labute approximate surface area is 93.4 Å². The van der Waals surface area contributed by atoms with Crippen LogP contribution in [0.1, 0.15) is 11.5 Å². The van der Waals surface area contributed by atoms with Crippen LogP contribution in [0.25, 0.3) is 11.1 Å². The number of hydrogen-bond donors (Lipinski definition) is 0. The number of hydrogen-bond acceptors (Lipinski definition) is 3. The molecule has 0 aliphatic carbocycles. The van der Waals surface area contributed by atoms with E-state index in [0.29, 0.717) is 22.6 Å². The molecule has 0 bridgehead atoms. The molecule has 1 heterocycles. The van der Waals surface area contributed by atoms with Crippen molar-refractivity contribution in [2.75, 3.05) is 0 Å². The fraction of sp³-hybridized carbons (Fsp3) is 0.111. The fourth-order valence-electron chi connectivity index (χ4n) is 1.18. The maximum absolute atomic E-state index is 8.85. The molecule has 14 heavy (non-hydrogen) atoms. The van der Waals surface area contributed by atoms with Gasteiger partial charge in [0, 0.05) is 4.47 Å². The summed E-state index contributed by atoms with van der Waals surface area (Å²) in [5.41, 5.74) is 1.59. The molecule has 2 aromatic rings. The Balaban J connectivity index is 2.79. The lowest BCUT2D eigenvalue weighted by Gasteiger charge is -1.91. The summed E-state index contributed by atoms with van der Waals surface area (Å²) in [6.07, 6.45) is 0. The zero-order valence-corrected chi connectivity index (χ0v) is 9.26. The van der Waals surface area contributed by atoms with Crippen molar-refractivity contribution in [3.8, 4) is 6.07 Å². The highest BCUT2D eigenvalue weighted by Crippen LogP contribution is 2.24. The molecule has 0 saturated carbocycles. The van der Waals surface area contributed by atoms with Crippen LogP contribution in [0.15, 0.2) is 21.0 Å². The molecule has 1 aromatic carbocycles. The molecule has 0 amide bonds. The number of nitriles is 1. The van der Waals surface area contributed by atoms with E-state index in [1.165, 1.54) is 0 Å². The molecular weight excluding hydrogens is 267 g/mol. The van der Waals surface area contributed by atoms with Crippen molar-refractivity contribution >= 4 is 38.6 Å². The molecule has 0 aliphatic rings. The van der Waals surface area contributed by atoms with Gasteiger partial charge >= 0.3 is 0 Å². The van der Waals surface area contributed by atoms with E-state index in [-0.39, 0.29) is 5.88 Å². The van der Waals surface area contributed by atoms with Gasteiger partial charge in [-0.1, -0.05) is 15.9 Å². The summed E-state index contributed by atoms with van der Waals surface area (Å²) in [6, 6.07) is 5.51. The summed E-state index contributed by atoms with van der Waals surface area (Å²) in [4.78, 5) is 4.12. The first-order valence-electron chi connectivity index (χ1n) is 3.79. The lowest BCUT2D eigenvalue weighted by molar-refractivity contribution is 0.554. The zero-order chi connectivity index (χ0) is 10.1. The van der Waals surface area contributed by atoms with E-state index in [2.05, 4.69) is 20.9 Å². The lowest BCUT2D eigenvalue weighted by atomic mass is 10.2. The van der Waals surface area contributed by atoms with Crippen molar-refractivity contribution in [3.05, 3.63) is 28.1 Å². The van der Waals surface area contributed by atoms with E-state index in [4.69, 9.17) is 21.3 Å². The van der Waals surface area contributed by atoms with E-state index >= 15 is 0 Å². The number of fused-ring (bicyclic) bond motifs is 1. The van der Waals surface area contributed by atoms with Gasteiger partial charge in [-0.2, -0.15) is 5.26 Å². The summed E-state index contributed by atoms with van der Waals surface area (Å²) in [7, 11) is 0. The Bertz CT molecular complexity index is 529.